The highest BCUT2D eigenvalue weighted by atomic mass is 35.5. The van der Waals surface area contributed by atoms with Crippen LogP contribution >= 0.6 is 11.6 Å². The lowest BCUT2D eigenvalue weighted by Gasteiger charge is -2.18. The topological polar surface area (TPSA) is 71.5 Å². The van der Waals surface area contributed by atoms with E-state index in [2.05, 4.69) is 0 Å². The van der Waals surface area contributed by atoms with Crippen molar-refractivity contribution in [3.8, 4) is 0 Å². The zero-order chi connectivity index (χ0) is 16.4. The van der Waals surface area contributed by atoms with Crippen molar-refractivity contribution in [2.45, 2.75) is 28.5 Å². The Morgan fingerprint density at radius 3 is 2.33 bits per heavy atom. The minimum atomic E-state index is -4.11. The fourth-order valence-electron chi connectivity index (χ4n) is 1.56. The summed E-state index contributed by atoms with van der Waals surface area (Å²) in [5.74, 6) is -0.992. The number of benzene rings is 1. The van der Waals surface area contributed by atoms with Gasteiger partial charge >= 0.3 is 0 Å². The molecule has 0 aliphatic heterocycles. The van der Waals surface area contributed by atoms with Crippen LogP contribution in [0.2, 0.25) is 0 Å². The SMILES string of the molecule is CC(Cl)CCN(C)S(=O)(=O)c1cc(S(C)(=O)=O)ccc1F. The lowest BCUT2D eigenvalue weighted by atomic mass is 10.3. The van der Waals surface area contributed by atoms with Crippen molar-refractivity contribution in [1.82, 2.24) is 4.31 Å². The van der Waals surface area contributed by atoms with Crippen molar-refractivity contribution in [2.75, 3.05) is 19.8 Å². The Morgan fingerprint density at radius 2 is 1.86 bits per heavy atom. The molecule has 0 aliphatic rings. The van der Waals surface area contributed by atoms with E-state index in [0.29, 0.717) is 6.42 Å². The molecule has 9 heteroatoms. The summed E-state index contributed by atoms with van der Waals surface area (Å²) in [6.07, 6.45) is 1.32. The van der Waals surface area contributed by atoms with Gasteiger partial charge in [0.2, 0.25) is 10.0 Å². The van der Waals surface area contributed by atoms with E-state index in [1.165, 1.54) is 7.05 Å². The van der Waals surface area contributed by atoms with E-state index in [0.717, 1.165) is 28.8 Å². The van der Waals surface area contributed by atoms with E-state index >= 15 is 0 Å². The maximum Gasteiger partial charge on any atom is 0.245 e. The second-order valence-corrected chi connectivity index (χ2v) is 9.53. The third kappa shape index (κ3) is 4.64. The molecule has 0 fully saturated rings. The molecule has 5 nitrogen and oxygen atoms in total. The second-order valence-electron chi connectivity index (χ2n) is 4.76. The lowest BCUT2D eigenvalue weighted by Crippen LogP contribution is -2.29. The number of alkyl halides is 1. The van der Waals surface area contributed by atoms with Gasteiger partial charge in [-0.2, -0.15) is 0 Å². The first-order chi connectivity index (χ1) is 9.46. The predicted molar refractivity (Wildman–Crippen MR) is 79.3 cm³/mol. The average Bonchev–Trinajstić information content (AvgIpc) is 2.34. The number of rotatable bonds is 6. The Kier molecular flexibility index (Phi) is 5.76. The highest BCUT2D eigenvalue weighted by Crippen LogP contribution is 2.22. The maximum absolute atomic E-state index is 13.8. The molecule has 1 aromatic carbocycles. The monoisotopic (exact) mass is 357 g/mol. The molecule has 1 aromatic rings. The first-order valence-electron chi connectivity index (χ1n) is 6.06. The van der Waals surface area contributed by atoms with Crippen molar-refractivity contribution in [2.24, 2.45) is 0 Å². The molecule has 21 heavy (non-hydrogen) atoms. The maximum atomic E-state index is 13.8. The van der Waals surface area contributed by atoms with Gasteiger partial charge in [-0.15, -0.1) is 11.6 Å². The van der Waals surface area contributed by atoms with Crippen LogP contribution in [0, 0.1) is 5.82 Å². The van der Waals surface area contributed by atoms with Crippen LogP contribution in [0.25, 0.3) is 0 Å². The zero-order valence-electron chi connectivity index (χ0n) is 11.9. The quantitative estimate of drug-likeness (QED) is 0.575. The first-order valence-corrected chi connectivity index (χ1v) is 9.83. The molecule has 1 atom stereocenters. The molecule has 0 N–H and O–H groups in total. The zero-order valence-corrected chi connectivity index (χ0v) is 14.3. The van der Waals surface area contributed by atoms with Crippen LogP contribution in [0.15, 0.2) is 28.0 Å². The summed E-state index contributed by atoms with van der Waals surface area (Å²) in [4.78, 5) is -0.906. The number of nitrogens with zero attached hydrogens (tertiary/aromatic N) is 1. The third-order valence-corrected chi connectivity index (χ3v) is 6.06. The van der Waals surface area contributed by atoms with E-state index in [4.69, 9.17) is 11.6 Å². The summed E-state index contributed by atoms with van der Waals surface area (Å²) in [5.41, 5.74) is 0. The largest absolute Gasteiger partial charge is 0.245 e. The van der Waals surface area contributed by atoms with Crippen LogP contribution in [0.1, 0.15) is 13.3 Å². The van der Waals surface area contributed by atoms with E-state index in [9.17, 15) is 21.2 Å². The Hall–Kier alpha value is -0.700. The highest BCUT2D eigenvalue weighted by Gasteiger charge is 2.26. The van der Waals surface area contributed by atoms with Gasteiger partial charge in [0.15, 0.2) is 9.84 Å². The summed E-state index contributed by atoms with van der Waals surface area (Å²) in [6.45, 7) is 1.82. The minimum absolute atomic E-state index is 0.107. The van der Waals surface area contributed by atoms with Crippen LogP contribution in [-0.2, 0) is 19.9 Å². The molecule has 0 spiro atoms. The number of halogens is 2. The van der Waals surface area contributed by atoms with E-state index < -0.39 is 30.6 Å². The van der Waals surface area contributed by atoms with Crippen LogP contribution in [0.4, 0.5) is 4.39 Å². The van der Waals surface area contributed by atoms with Gasteiger partial charge in [0.05, 0.1) is 4.90 Å². The number of hydrogen-bond acceptors (Lipinski definition) is 4. The Labute approximate surface area is 129 Å². The molecular formula is C12H17ClFNO4S2. The summed E-state index contributed by atoms with van der Waals surface area (Å²) < 4.78 is 62.2. The van der Waals surface area contributed by atoms with Gasteiger partial charge in [-0.05, 0) is 31.5 Å². The van der Waals surface area contributed by atoms with Gasteiger partial charge in [0.1, 0.15) is 10.7 Å². The Balaban J connectivity index is 3.25. The molecule has 0 aromatic heterocycles. The number of hydrogen-bond donors (Lipinski definition) is 0. The molecule has 120 valence electrons. The summed E-state index contributed by atoms with van der Waals surface area (Å²) in [7, 11) is -6.44. The molecule has 1 unspecified atom stereocenters. The van der Waals surface area contributed by atoms with E-state index in [1.54, 1.807) is 6.92 Å². The van der Waals surface area contributed by atoms with Gasteiger partial charge in [0, 0.05) is 25.2 Å². The lowest BCUT2D eigenvalue weighted by molar-refractivity contribution is 0.454. The van der Waals surface area contributed by atoms with Crippen molar-refractivity contribution in [1.29, 1.82) is 0 Å². The fourth-order valence-corrected chi connectivity index (χ4v) is 3.65. The van der Waals surface area contributed by atoms with Crippen LogP contribution in [0.3, 0.4) is 0 Å². The minimum Gasteiger partial charge on any atom is -0.224 e. The van der Waals surface area contributed by atoms with E-state index in [-0.39, 0.29) is 16.8 Å². The predicted octanol–water partition coefficient (Wildman–Crippen LogP) is 1.87. The van der Waals surface area contributed by atoms with Crippen LogP contribution in [-0.4, -0.2) is 46.4 Å². The van der Waals surface area contributed by atoms with Crippen molar-refractivity contribution < 1.29 is 21.2 Å². The normalized spacial score (nSPS) is 14.4. The van der Waals surface area contributed by atoms with E-state index in [1.807, 2.05) is 0 Å². The summed E-state index contributed by atoms with van der Waals surface area (Å²) >= 11 is 5.76. The van der Waals surface area contributed by atoms with Crippen LogP contribution in [0.5, 0.6) is 0 Å². The Bertz CT molecular complexity index is 717. The van der Waals surface area contributed by atoms with Gasteiger partial charge < -0.3 is 0 Å². The molecule has 0 saturated carbocycles. The van der Waals surface area contributed by atoms with Crippen molar-refractivity contribution in [3.05, 3.63) is 24.0 Å². The highest BCUT2D eigenvalue weighted by molar-refractivity contribution is 7.91. The fraction of sp³-hybridized carbons (Fsp3) is 0.500. The van der Waals surface area contributed by atoms with Gasteiger partial charge in [0.25, 0.3) is 0 Å². The van der Waals surface area contributed by atoms with Gasteiger partial charge in [-0.25, -0.2) is 25.5 Å². The molecule has 1 rings (SSSR count). The molecule has 0 bridgehead atoms. The molecule has 0 radical (unpaired) electrons. The van der Waals surface area contributed by atoms with Crippen molar-refractivity contribution in [3.63, 3.8) is 0 Å². The smallest absolute Gasteiger partial charge is 0.224 e. The first kappa shape index (κ1) is 18.3. The molecule has 0 heterocycles. The molecular weight excluding hydrogens is 341 g/mol. The summed E-state index contributed by atoms with van der Waals surface area (Å²) in [5, 5.41) is -0.227. The van der Waals surface area contributed by atoms with Crippen molar-refractivity contribution >= 4 is 31.5 Å². The standard InChI is InChI=1S/C12H17ClFNO4S2/c1-9(13)6-7-15(2)21(18,19)12-8-10(20(3,16)17)4-5-11(12)14/h4-5,8-9H,6-7H2,1-3H3. The van der Waals surface area contributed by atoms with Gasteiger partial charge in [-0.1, -0.05) is 0 Å². The van der Waals surface area contributed by atoms with Crippen LogP contribution < -0.4 is 0 Å². The third-order valence-electron chi connectivity index (χ3n) is 2.86. The van der Waals surface area contributed by atoms with Gasteiger partial charge in [-0.3, -0.25) is 0 Å². The number of sulfonamides is 1. The molecule has 0 amide bonds. The Morgan fingerprint density at radius 1 is 1.29 bits per heavy atom. The second kappa shape index (κ2) is 6.60. The summed E-state index contributed by atoms with van der Waals surface area (Å²) in [6, 6.07) is 2.70. The average molecular weight is 358 g/mol. The molecule has 0 aliphatic carbocycles. The molecule has 0 saturated heterocycles. The number of sulfone groups is 1.